The van der Waals surface area contributed by atoms with E-state index in [1.54, 1.807) is 30.3 Å². The van der Waals surface area contributed by atoms with E-state index in [4.69, 9.17) is 5.11 Å². The fourth-order valence-electron chi connectivity index (χ4n) is 1.00. The highest BCUT2D eigenvalue weighted by atomic mass is 16.4. The van der Waals surface area contributed by atoms with E-state index in [0.717, 1.165) is 0 Å². The molecule has 0 aromatic heterocycles. The van der Waals surface area contributed by atoms with Crippen molar-refractivity contribution in [2.45, 2.75) is 5.92 Å². The molecule has 0 aliphatic rings. The average Bonchev–Trinajstić information content (AvgIpc) is 2.07. The van der Waals surface area contributed by atoms with Crippen molar-refractivity contribution in [3.8, 4) is 0 Å². The molecule has 12 heavy (non-hydrogen) atoms. The quantitative estimate of drug-likeness (QED) is 0.657. The Labute approximate surface area is 70.3 Å². The molecule has 1 aromatic carbocycles. The molecule has 0 saturated carbocycles. The molecule has 0 heterocycles. The van der Waals surface area contributed by atoms with Gasteiger partial charge in [-0.05, 0) is 5.56 Å². The summed E-state index contributed by atoms with van der Waals surface area (Å²) in [5.74, 6) is -2.16. The van der Waals surface area contributed by atoms with Crippen molar-refractivity contribution in [1.29, 1.82) is 0 Å². The summed E-state index contributed by atoms with van der Waals surface area (Å²) in [6.45, 7) is -0.424. The van der Waals surface area contributed by atoms with Gasteiger partial charge in [0.25, 0.3) is 0 Å². The lowest BCUT2D eigenvalue weighted by atomic mass is 10.0. The van der Waals surface area contributed by atoms with Crippen LogP contribution >= 0.6 is 0 Å². The number of carboxylic acids is 1. The Kier molecular flexibility index (Phi) is 2.82. The molecule has 0 aliphatic heterocycles. The number of carboxylic acid groups (broad SMARTS) is 1. The maximum Gasteiger partial charge on any atom is 0.0552 e. The van der Waals surface area contributed by atoms with Gasteiger partial charge in [-0.25, -0.2) is 0 Å². The third kappa shape index (κ3) is 1.83. The average molecular weight is 165 g/mol. The second-order valence-electron chi connectivity index (χ2n) is 2.46. The van der Waals surface area contributed by atoms with Crippen LogP contribution in [-0.4, -0.2) is 17.7 Å². The Morgan fingerprint density at radius 2 is 2.00 bits per heavy atom. The van der Waals surface area contributed by atoms with Gasteiger partial charge in [0.05, 0.1) is 12.6 Å². The monoisotopic (exact) mass is 165 g/mol. The maximum atomic E-state index is 10.5. The summed E-state index contributed by atoms with van der Waals surface area (Å²) in [5, 5.41) is 19.2. The van der Waals surface area contributed by atoms with E-state index in [-0.39, 0.29) is 0 Å². The summed E-state index contributed by atoms with van der Waals surface area (Å²) < 4.78 is 0. The van der Waals surface area contributed by atoms with Crippen molar-refractivity contribution in [3.05, 3.63) is 35.9 Å². The zero-order valence-corrected chi connectivity index (χ0v) is 6.43. The molecule has 64 valence electrons. The summed E-state index contributed by atoms with van der Waals surface area (Å²) in [6, 6.07) is 8.53. The first-order valence-electron chi connectivity index (χ1n) is 3.62. The molecule has 1 unspecified atom stereocenters. The van der Waals surface area contributed by atoms with Gasteiger partial charge in [0.15, 0.2) is 0 Å². The van der Waals surface area contributed by atoms with E-state index in [1.807, 2.05) is 0 Å². The lowest BCUT2D eigenvalue weighted by Crippen LogP contribution is -2.31. The molecule has 0 spiro atoms. The van der Waals surface area contributed by atoms with Gasteiger partial charge in [-0.3, -0.25) is 0 Å². The third-order valence-corrected chi connectivity index (χ3v) is 1.67. The van der Waals surface area contributed by atoms with Crippen molar-refractivity contribution in [3.63, 3.8) is 0 Å². The van der Waals surface area contributed by atoms with Gasteiger partial charge >= 0.3 is 0 Å². The molecule has 0 aliphatic carbocycles. The Morgan fingerprint density at radius 3 is 2.42 bits per heavy atom. The summed E-state index contributed by atoms with van der Waals surface area (Å²) in [6.07, 6.45) is 0. The number of aliphatic carboxylic acids is 1. The topological polar surface area (TPSA) is 60.4 Å². The largest absolute Gasteiger partial charge is 0.549 e. The number of hydrogen-bond acceptors (Lipinski definition) is 3. The number of aliphatic hydroxyl groups excluding tert-OH is 1. The molecule has 0 fully saturated rings. The number of benzene rings is 1. The van der Waals surface area contributed by atoms with Crippen molar-refractivity contribution >= 4 is 5.97 Å². The van der Waals surface area contributed by atoms with Crippen molar-refractivity contribution in [2.24, 2.45) is 0 Å². The van der Waals surface area contributed by atoms with Crippen LogP contribution in [0.2, 0.25) is 0 Å². The zero-order chi connectivity index (χ0) is 8.97. The number of carbonyl (C=O) groups is 1. The van der Waals surface area contributed by atoms with E-state index in [9.17, 15) is 9.90 Å². The van der Waals surface area contributed by atoms with Gasteiger partial charge in [0.1, 0.15) is 0 Å². The lowest BCUT2D eigenvalue weighted by molar-refractivity contribution is -0.308. The SMILES string of the molecule is O=C([O-])C(CO)c1ccccc1. The number of carbonyl (C=O) groups excluding carboxylic acids is 1. The van der Waals surface area contributed by atoms with Gasteiger partial charge in [0.2, 0.25) is 0 Å². The Hall–Kier alpha value is -1.35. The van der Waals surface area contributed by atoms with Gasteiger partial charge in [0, 0.05) is 5.92 Å². The number of hydrogen-bond donors (Lipinski definition) is 1. The van der Waals surface area contributed by atoms with E-state index in [0.29, 0.717) is 5.56 Å². The molecular formula is C9H9O3-. The Morgan fingerprint density at radius 1 is 1.42 bits per heavy atom. The fourth-order valence-corrected chi connectivity index (χ4v) is 1.00. The zero-order valence-electron chi connectivity index (χ0n) is 6.43. The second-order valence-corrected chi connectivity index (χ2v) is 2.46. The highest BCUT2D eigenvalue weighted by Gasteiger charge is 2.09. The number of aliphatic hydroxyl groups is 1. The van der Waals surface area contributed by atoms with Crippen molar-refractivity contribution < 1.29 is 15.0 Å². The van der Waals surface area contributed by atoms with Crippen LogP contribution in [0.4, 0.5) is 0 Å². The van der Waals surface area contributed by atoms with E-state index >= 15 is 0 Å². The number of rotatable bonds is 3. The predicted octanol–water partition coefficient (Wildman–Crippen LogP) is -0.488. The van der Waals surface area contributed by atoms with Crippen LogP contribution in [0.15, 0.2) is 30.3 Å². The van der Waals surface area contributed by atoms with Gasteiger partial charge in [-0.15, -0.1) is 0 Å². The molecule has 1 rings (SSSR count). The first kappa shape index (κ1) is 8.74. The standard InChI is InChI=1S/C9H10O3/c10-6-8(9(11)12)7-4-2-1-3-5-7/h1-5,8,10H,6H2,(H,11,12)/p-1. The molecule has 3 nitrogen and oxygen atoms in total. The minimum absolute atomic E-state index is 0.424. The fraction of sp³-hybridized carbons (Fsp3) is 0.222. The summed E-state index contributed by atoms with van der Waals surface area (Å²) in [7, 11) is 0. The molecule has 0 radical (unpaired) electrons. The Balaban J connectivity index is 2.88. The van der Waals surface area contributed by atoms with Crippen molar-refractivity contribution in [1.82, 2.24) is 0 Å². The first-order chi connectivity index (χ1) is 5.75. The van der Waals surface area contributed by atoms with Crippen LogP contribution < -0.4 is 5.11 Å². The van der Waals surface area contributed by atoms with E-state index in [1.165, 1.54) is 0 Å². The van der Waals surface area contributed by atoms with Crippen LogP contribution in [0.5, 0.6) is 0 Å². The molecule has 1 aromatic rings. The molecule has 0 saturated heterocycles. The highest BCUT2D eigenvalue weighted by molar-refractivity contribution is 5.74. The maximum absolute atomic E-state index is 10.5. The van der Waals surface area contributed by atoms with Crippen LogP contribution in [0.25, 0.3) is 0 Å². The first-order valence-corrected chi connectivity index (χ1v) is 3.62. The van der Waals surface area contributed by atoms with Crippen LogP contribution in [0, 0.1) is 0 Å². The highest BCUT2D eigenvalue weighted by Crippen LogP contribution is 2.12. The molecule has 0 amide bonds. The minimum Gasteiger partial charge on any atom is -0.549 e. The van der Waals surface area contributed by atoms with E-state index < -0.39 is 18.5 Å². The van der Waals surface area contributed by atoms with Crippen molar-refractivity contribution in [2.75, 3.05) is 6.61 Å². The summed E-state index contributed by atoms with van der Waals surface area (Å²) >= 11 is 0. The summed E-state index contributed by atoms with van der Waals surface area (Å²) in [4.78, 5) is 10.5. The smallest absolute Gasteiger partial charge is 0.0552 e. The van der Waals surface area contributed by atoms with Crippen LogP contribution in [0.1, 0.15) is 11.5 Å². The minimum atomic E-state index is -1.25. The van der Waals surface area contributed by atoms with E-state index in [2.05, 4.69) is 0 Å². The molecule has 1 atom stereocenters. The molecule has 3 heteroatoms. The van der Waals surface area contributed by atoms with Gasteiger partial charge in [-0.2, -0.15) is 0 Å². The Bertz CT molecular complexity index is 256. The second kappa shape index (κ2) is 3.88. The molecule has 1 N–H and O–H groups in total. The van der Waals surface area contributed by atoms with Gasteiger partial charge < -0.3 is 15.0 Å². The predicted molar refractivity (Wildman–Crippen MR) is 41.3 cm³/mol. The molecule has 0 bridgehead atoms. The lowest BCUT2D eigenvalue weighted by Gasteiger charge is -2.14. The summed E-state index contributed by atoms with van der Waals surface area (Å²) in [5.41, 5.74) is 0.569. The van der Waals surface area contributed by atoms with Crippen LogP contribution in [0.3, 0.4) is 0 Å². The normalized spacial score (nSPS) is 12.4. The van der Waals surface area contributed by atoms with Crippen LogP contribution in [-0.2, 0) is 4.79 Å². The van der Waals surface area contributed by atoms with Gasteiger partial charge in [-0.1, -0.05) is 30.3 Å². The third-order valence-electron chi connectivity index (χ3n) is 1.67. The molecular weight excluding hydrogens is 156 g/mol.